The van der Waals surface area contributed by atoms with Gasteiger partial charge in [0.25, 0.3) is 0 Å². The van der Waals surface area contributed by atoms with E-state index in [0.717, 1.165) is 18.8 Å². The highest BCUT2D eigenvalue weighted by molar-refractivity contribution is 7.47. The number of nitrogens with zero attached hydrogens (tertiary/aromatic N) is 1. The van der Waals surface area contributed by atoms with Gasteiger partial charge in [0.1, 0.15) is 0 Å². The molecule has 0 amide bonds. The van der Waals surface area contributed by atoms with Gasteiger partial charge >= 0.3 is 7.82 Å². The molecule has 0 aliphatic carbocycles. The molecule has 0 aromatic rings. The maximum Gasteiger partial charge on any atom is 0.472 e. The van der Waals surface area contributed by atoms with E-state index in [1.165, 1.54) is 12.8 Å². The third kappa shape index (κ3) is 13.1. The molecule has 0 spiro atoms. The van der Waals surface area contributed by atoms with Gasteiger partial charge in [-0.1, -0.05) is 40.0 Å². The quantitative estimate of drug-likeness (QED) is 0.559. The van der Waals surface area contributed by atoms with Crippen molar-refractivity contribution in [2.24, 2.45) is 11.8 Å². The van der Waals surface area contributed by atoms with Crippen molar-refractivity contribution < 1.29 is 18.5 Å². The SMILES string of the molecule is CC(C)CCCC(C)CCOP(=O)(O)OCCN(C)C. The summed E-state index contributed by atoms with van der Waals surface area (Å²) < 4.78 is 21.4. The molecule has 122 valence electrons. The van der Waals surface area contributed by atoms with Crippen LogP contribution in [-0.4, -0.2) is 43.6 Å². The third-order valence-electron chi connectivity index (χ3n) is 3.14. The van der Waals surface area contributed by atoms with Crippen molar-refractivity contribution in [2.75, 3.05) is 33.9 Å². The molecule has 2 atom stereocenters. The first-order valence-electron chi connectivity index (χ1n) is 7.49. The lowest BCUT2D eigenvalue weighted by Crippen LogP contribution is -2.17. The van der Waals surface area contributed by atoms with Gasteiger partial charge in [-0.2, -0.15) is 0 Å². The van der Waals surface area contributed by atoms with Crippen molar-refractivity contribution in [2.45, 2.75) is 46.5 Å². The minimum absolute atomic E-state index is 0.199. The van der Waals surface area contributed by atoms with Crippen molar-refractivity contribution in [1.29, 1.82) is 0 Å². The van der Waals surface area contributed by atoms with Gasteiger partial charge in [0.15, 0.2) is 0 Å². The van der Waals surface area contributed by atoms with E-state index in [1.807, 2.05) is 19.0 Å². The van der Waals surface area contributed by atoms with E-state index in [4.69, 9.17) is 9.05 Å². The van der Waals surface area contributed by atoms with E-state index in [-0.39, 0.29) is 13.2 Å². The molecule has 0 heterocycles. The van der Waals surface area contributed by atoms with Crippen LogP contribution in [0.2, 0.25) is 0 Å². The molecule has 0 aliphatic rings. The van der Waals surface area contributed by atoms with Crippen LogP contribution in [0.3, 0.4) is 0 Å². The highest BCUT2D eigenvalue weighted by Gasteiger charge is 2.20. The van der Waals surface area contributed by atoms with E-state index >= 15 is 0 Å². The zero-order valence-corrected chi connectivity index (χ0v) is 14.6. The lowest BCUT2D eigenvalue weighted by atomic mass is 9.98. The van der Waals surface area contributed by atoms with Gasteiger partial charge in [-0.15, -0.1) is 0 Å². The molecule has 20 heavy (non-hydrogen) atoms. The Balaban J connectivity index is 3.67. The van der Waals surface area contributed by atoms with Crippen LogP contribution in [-0.2, 0) is 13.6 Å². The summed E-state index contributed by atoms with van der Waals surface area (Å²) in [7, 11) is -0.113. The van der Waals surface area contributed by atoms with Gasteiger partial charge in [0.05, 0.1) is 13.2 Å². The Labute approximate surface area is 124 Å². The summed E-state index contributed by atoms with van der Waals surface area (Å²) in [6.07, 6.45) is 4.37. The van der Waals surface area contributed by atoms with Crippen LogP contribution in [0, 0.1) is 11.8 Å². The molecule has 0 bridgehead atoms. The summed E-state index contributed by atoms with van der Waals surface area (Å²) in [5.74, 6) is 1.25. The lowest BCUT2D eigenvalue weighted by molar-refractivity contribution is 0.134. The van der Waals surface area contributed by atoms with Gasteiger partial charge in [0, 0.05) is 6.54 Å². The topological polar surface area (TPSA) is 59.0 Å². The molecular weight excluding hydrogens is 277 g/mol. The number of hydrogen-bond donors (Lipinski definition) is 1. The zero-order valence-electron chi connectivity index (χ0n) is 13.7. The van der Waals surface area contributed by atoms with Crippen LogP contribution in [0.15, 0.2) is 0 Å². The minimum atomic E-state index is -3.87. The van der Waals surface area contributed by atoms with Crippen molar-refractivity contribution in [1.82, 2.24) is 4.90 Å². The number of likely N-dealkylation sites (N-methyl/N-ethyl adjacent to an activating group) is 1. The summed E-state index contributed by atoms with van der Waals surface area (Å²) in [6, 6.07) is 0. The number of rotatable bonds is 12. The van der Waals surface area contributed by atoms with Crippen LogP contribution < -0.4 is 0 Å². The van der Waals surface area contributed by atoms with E-state index < -0.39 is 7.82 Å². The summed E-state index contributed by atoms with van der Waals surface area (Å²) >= 11 is 0. The van der Waals surface area contributed by atoms with Gasteiger partial charge in [-0.05, 0) is 32.4 Å². The Hall–Kier alpha value is 0.0700. The second kappa shape index (κ2) is 10.7. The molecule has 0 saturated heterocycles. The fourth-order valence-corrected chi connectivity index (χ4v) is 2.49. The fourth-order valence-electron chi connectivity index (χ4n) is 1.76. The molecule has 0 rings (SSSR count). The molecule has 1 N–H and O–H groups in total. The molecular formula is C14H32NO4P. The van der Waals surface area contributed by atoms with E-state index in [2.05, 4.69) is 20.8 Å². The summed E-state index contributed by atoms with van der Waals surface area (Å²) in [6.45, 7) is 7.67. The van der Waals surface area contributed by atoms with Crippen LogP contribution in [0.5, 0.6) is 0 Å². The first-order valence-corrected chi connectivity index (χ1v) is 8.99. The molecule has 0 radical (unpaired) electrons. The van der Waals surface area contributed by atoms with E-state index in [0.29, 0.717) is 12.5 Å². The second-order valence-corrected chi connectivity index (χ2v) is 7.61. The van der Waals surface area contributed by atoms with Gasteiger partial charge in [0.2, 0.25) is 0 Å². The van der Waals surface area contributed by atoms with Crippen molar-refractivity contribution in [3.8, 4) is 0 Å². The normalized spacial score (nSPS) is 16.6. The van der Waals surface area contributed by atoms with E-state index in [9.17, 15) is 9.46 Å². The predicted octanol–water partition coefficient (Wildman–Crippen LogP) is 3.53. The Bertz CT molecular complexity index is 284. The van der Waals surface area contributed by atoms with Gasteiger partial charge in [-0.3, -0.25) is 9.05 Å². The first kappa shape index (κ1) is 20.1. The van der Waals surface area contributed by atoms with Crippen molar-refractivity contribution >= 4 is 7.82 Å². The predicted molar refractivity (Wildman–Crippen MR) is 82.8 cm³/mol. The van der Waals surface area contributed by atoms with Gasteiger partial charge in [-0.25, -0.2) is 4.57 Å². The Kier molecular flexibility index (Phi) is 10.8. The fraction of sp³-hybridized carbons (Fsp3) is 1.00. The molecule has 0 saturated carbocycles. The third-order valence-corrected chi connectivity index (χ3v) is 4.15. The average molecular weight is 309 g/mol. The smallest absolute Gasteiger partial charge is 0.307 e. The number of hydrogen-bond acceptors (Lipinski definition) is 4. The number of phosphoric ester groups is 1. The Morgan fingerprint density at radius 3 is 2.20 bits per heavy atom. The maximum atomic E-state index is 11.6. The minimum Gasteiger partial charge on any atom is -0.307 e. The van der Waals surface area contributed by atoms with E-state index in [1.54, 1.807) is 0 Å². The summed E-state index contributed by atoms with van der Waals surface area (Å²) in [5.41, 5.74) is 0. The molecule has 0 aromatic carbocycles. The van der Waals surface area contributed by atoms with Crippen molar-refractivity contribution in [3.05, 3.63) is 0 Å². The monoisotopic (exact) mass is 309 g/mol. The Morgan fingerprint density at radius 1 is 1.05 bits per heavy atom. The molecule has 2 unspecified atom stereocenters. The molecule has 0 aromatic heterocycles. The van der Waals surface area contributed by atoms with Gasteiger partial charge < -0.3 is 9.79 Å². The molecule has 5 nitrogen and oxygen atoms in total. The standard InChI is InChI=1S/C14H32NO4P/c1-13(2)7-6-8-14(3)9-11-18-20(16,17)19-12-10-15(4)5/h13-14H,6-12H2,1-5H3,(H,16,17). The average Bonchev–Trinajstić information content (AvgIpc) is 2.27. The van der Waals surface area contributed by atoms with Crippen LogP contribution >= 0.6 is 7.82 Å². The largest absolute Gasteiger partial charge is 0.472 e. The number of phosphoric acid groups is 1. The molecule has 0 aliphatic heterocycles. The highest BCUT2D eigenvalue weighted by Crippen LogP contribution is 2.43. The maximum absolute atomic E-state index is 11.6. The summed E-state index contributed by atoms with van der Waals surface area (Å²) in [5, 5.41) is 0. The summed E-state index contributed by atoms with van der Waals surface area (Å²) in [4.78, 5) is 11.4. The Morgan fingerprint density at radius 2 is 1.65 bits per heavy atom. The lowest BCUT2D eigenvalue weighted by Gasteiger charge is -2.16. The zero-order chi connectivity index (χ0) is 15.6. The van der Waals surface area contributed by atoms with Crippen LogP contribution in [0.25, 0.3) is 0 Å². The first-order chi connectivity index (χ1) is 9.23. The highest BCUT2D eigenvalue weighted by atomic mass is 31.2. The molecule has 0 fully saturated rings. The van der Waals surface area contributed by atoms with Crippen molar-refractivity contribution in [3.63, 3.8) is 0 Å². The van der Waals surface area contributed by atoms with Crippen LogP contribution in [0.1, 0.15) is 46.5 Å². The second-order valence-electron chi connectivity index (χ2n) is 6.16. The molecule has 6 heteroatoms. The van der Waals surface area contributed by atoms with Crippen LogP contribution in [0.4, 0.5) is 0 Å².